The lowest BCUT2D eigenvalue weighted by atomic mass is 10.2. The third kappa shape index (κ3) is 6.40. The number of nitro groups is 1. The van der Waals surface area contributed by atoms with Crippen LogP contribution in [0.3, 0.4) is 0 Å². The number of hydrogen-bond acceptors (Lipinski definition) is 7. The summed E-state index contributed by atoms with van der Waals surface area (Å²) in [6.07, 6.45) is 3.26. The zero-order valence-electron chi connectivity index (χ0n) is 17.3. The molecule has 0 bridgehead atoms. The first-order chi connectivity index (χ1) is 15.8. The number of hydrogen-bond donors (Lipinski definition) is 2. The molecule has 0 unspecified atom stereocenters. The zero-order chi connectivity index (χ0) is 23.8. The number of methoxy groups -OCH3 is 1. The molecule has 170 valence electrons. The summed E-state index contributed by atoms with van der Waals surface area (Å²) in [6.45, 7) is 0. The highest BCUT2D eigenvalue weighted by molar-refractivity contribution is 9.12. The maximum Gasteiger partial charge on any atom is 0.270 e. The van der Waals surface area contributed by atoms with E-state index in [0.29, 0.717) is 10.2 Å². The van der Waals surface area contributed by atoms with Gasteiger partial charge in [-0.1, -0.05) is 42.5 Å². The van der Waals surface area contributed by atoms with Crippen molar-refractivity contribution in [3.8, 4) is 5.75 Å². The summed E-state index contributed by atoms with van der Waals surface area (Å²) in [6, 6.07) is 19.4. The molecule has 0 heterocycles. The van der Waals surface area contributed by atoms with Crippen LogP contribution in [-0.4, -0.2) is 26.7 Å². The van der Waals surface area contributed by atoms with Gasteiger partial charge in [-0.05, 0) is 45.8 Å². The predicted octanol–water partition coefficient (Wildman–Crippen LogP) is 5.24. The van der Waals surface area contributed by atoms with Crippen molar-refractivity contribution in [2.75, 3.05) is 17.3 Å². The number of halogens is 1. The lowest BCUT2D eigenvalue weighted by Crippen LogP contribution is -2.15. The molecule has 0 atom stereocenters. The van der Waals surface area contributed by atoms with Gasteiger partial charge in [0.1, 0.15) is 10.6 Å². The van der Waals surface area contributed by atoms with Gasteiger partial charge in [-0.25, -0.2) is 8.42 Å². The predicted molar refractivity (Wildman–Crippen MR) is 132 cm³/mol. The normalized spacial score (nSPS) is 11.9. The minimum absolute atomic E-state index is 0.0549. The first-order valence-electron chi connectivity index (χ1n) is 9.46. The quantitative estimate of drug-likeness (QED) is 0.221. The standard InChI is InChI=1S/C22H19BrN4O5S/c1-32-21-10-6-5-9-19(21)26-33(30,31)22-14-18(27(28)29)11-12-20(22)25-24-15-17(23)13-16-7-3-2-4-8-16/h2-15,25-26H,1H3/b17-13-,24-15+. The van der Waals surface area contributed by atoms with Gasteiger partial charge in [0, 0.05) is 16.6 Å². The number of sulfonamides is 1. The molecule has 3 rings (SSSR count). The molecular formula is C22H19BrN4O5S. The van der Waals surface area contributed by atoms with Crippen molar-refractivity contribution >= 4 is 55.3 Å². The topological polar surface area (TPSA) is 123 Å². The van der Waals surface area contributed by atoms with Crippen LogP contribution in [0.15, 0.2) is 87.3 Å². The van der Waals surface area contributed by atoms with E-state index in [-0.39, 0.29) is 22.0 Å². The van der Waals surface area contributed by atoms with Gasteiger partial charge in [-0.3, -0.25) is 20.3 Å². The van der Waals surface area contributed by atoms with E-state index in [1.165, 1.54) is 31.5 Å². The van der Waals surface area contributed by atoms with Gasteiger partial charge in [-0.2, -0.15) is 5.10 Å². The molecular weight excluding hydrogens is 512 g/mol. The maximum atomic E-state index is 13.1. The van der Waals surface area contributed by atoms with E-state index in [4.69, 9.17) is 4.74 Å². The number of nitro benzene ring substituents is 1. The summed E-state index contributed by atoms with van der Waals surface area (Å²) in [4.78, 5) is 10.2. The second-order valence-corrected chi connectivity index (χ2v) is 9.12. The van der Waals surface area contributed by atoms with Crippen molar-refractivity contribution < 1.29 is 18.1 Å². The minimum atomic E-state index is -4.23. The number of hydrazone groups is 1. The molecule has 0 saturated heterocycles. The van der Waals surface area contributed by atoms with Crippen molar-refractivity contribution in [2.45, 2.75) is 4.90 Å². The number of allylic oxidation sites excluding steroid dienone is 1. The molecule has 9 nitrogen and oxygen atoms in total. The first kappa shape index (κ1) is 24.0. The average Bonchev–Trinajstić information content (AvgIpc) is 2.80. The molecule has 0 saturated carbocycles. The van der Waals surface area contributed by atoms with Crippen LogP contribution in [0, 0.1) is 10.1 Å². The smallest absolute Gasteiger partial charge is 0.270 e. The van der Waals surface area contributed by atoms with Gasteiger partial charge in [-0.15, -0.1) is 0 Å². The van der Waals surface area contributed by atoms with Crippen molar-refractivity contribution in [1.82, 2.24) is 0 Å². The highest BCUT2D eigenvalue weighted by Gasteiger charge is 2.23. The third-order valence-corrected chi connectivity index (χ3v) is 6.13. The Balaban J connectivity index is 1.91. The number of non-ortho nitro benzene ring substituents is 1. The summed E-state index contributed by atoms with van der Waals surface area (Å²) in [5, 5.41) is 15.3. The molecule has 11 heteroatoms. The van der Waals surface area contributed by atoms with Crippen molar-refractivity contribution in [3.63, 3.8) is 0 Å². The van der Waals surface area contributed by atoms with E-state index in [1.807, 2.05) is 36.4 Å². The van der Waals surface area contributed by atoms with E-state index in [9.17, 15) is 18.5 Å². The molecule has 2 N–H and O–H groups in total. The Kier molecular flexibility index (Phi) is 7.80. The summed E-state index contributed by atoms with van der Waals surface area (Å²) in [5.41, 5.74) is 3.45. The van der Waals surface area contributed by atoms with E-state index < -0.39 is 14.9 Å². The lowest BCUT2D eigenvalue weighted by molar-refractivity contribution is -0.385. The minimum Gasteiger partial charge on any atom is -0.495 e. The summed E-state index contributed by atoms with van der Waals surface area (Å²) >= 11 is 3.37. The Morgan fingerprint density at radius 2 is 1.76 bits per heavy atom. The molecule has 0 fully saturated rings. The van der Waals surface area contributed by atoms with E-state index in [0.717, 1.165) is 11.6 Å². The van der Waals surface area contributed by atoms with Gasteiger partial charge >= 0.3 is 0 Å². The number of ether oxygens (including phenoxy) is 1. The van der Waals surface area contributed by atoms with Crippen molar-refractivity contribution in [1.29, 1.82) is 0 Å². The van der Waals surface area contributed by atoms with Gasteiger partial charge in [0.05, 0.1) is 29.6 Å². The van der Waals surface area contributed by atoms with Crippen LogP contribution in [0.25, 0.3) is 6.08 Å². The largest absolute Gasteiger partial charge is 0.495 e. The number of anilines is 2. The number of para-hydroxylation sites is 2. The first-order valence-corrected chi connectivity index (χ1v) is 11.7. The van der Waals surface area contributed by atoms with E-state index in [1.54, 1.807) is 18.2 Å². The molecule has 0 radical (unpaired) electrons. The third-order valence-electron chi connectivity index (χ3n) is 4.29. The molecule has 33 heavy (non-hydrogen) atoms. The number of nitrogens with one attached hydrogen (secondary N) is 2. The summed E-state index contributed by atoms with van der Waals surface area (Å²) in [7, 11) is -2.82. The highest BCUT2D eigenvalue weighted by atomic mass is 79.9. The second kappa shape index (κ2) is 10.7. The van der Waals surface area contributed by atoms with Crippen LogP contribution in [-0.2, 0) is 10.0 Å². The van der Waals surface area contributed by atoms with Crippen LogP contribution in [0.1, 0.15) is 5.56 Å². The number of rotatable bonds is 9. The van der Waals surface area contributed by atoms with Crippen LogP contribution in [0.5, 0.6) is 5.75 Å². The van der Waals surface area contributed by atoms with Gasteiger partial charge in [0.2, 0.25) is 0 Å². The fourth-order valence-electron chi connectivity index (χ4n) is 2.78. The number of benzene rings is 3. The molecule has 0 aliphatic carbocycles. The second-order valence-electron chi connectivity index (χ2n) is 6.55. The molecule has 3 aromatic rings. The molecule has 0 aromatic heterocycles. The Morgan fingerprint density at radius 1 is 1.06 bits per heavy atom. The summed E-state index contributed by atoms with van der Waals surface area (Å²) < 4.78 is 34.4. The molecule has 0 amide bonds. The van der Waals surface area contributed by atoms with Crippen molar-refractivity contribution in [2.24, 2.45) is 5.10 Å². The van der Waals surface area contributed by atoms with Gasteiger partial charge < -0.3 is 4.74 Å². The van der Waals surface area contributed by atoms with Crippen LogP contribution >= 0.6 is 15.9 Å². The van der Waals surface area contributed by atoms with Crippen LogP contribution in [0.2, 0.25) is 0 Å². The average molecular weight is 531 g/mol. The Morgan fingerprint density at radius 3 is 2.45 bits per heavy atom. The van der Waals surface area contributed by atoms with Gasteiger partial charge in [0.15, 0.2) is 0 Å². The Hall–Kier alpha value is -3.70. The highest BCUT2D eigenvalue weighted by Crippen LogP contribution is 2.31. The summed E-state index contributed by atoms with van der Waals surface area (Å²) in [5.74, 6) is 0.300. The fourth-order valence-corrected chi connectivity index (χ4v) is 4.39. The SMILES string of the molecule is COc1ccccc1NS(=O)(=O)c1cc([N+](=O)[O-])ccc1N/N=C/C(Br)=C/c1ccccc1. The molecule has 0 spiro atoms. The molecule has 0 aliphatic rings. The monoisotopic (exact) mass is 530 g/mol. The molecule has 0 aliphatic heterocycles. The van der Waals surface area contributed by atoms with E-state index >= 15 is 0 Å². The number of nitrogens with zero attached hydrogens (tertiary/aromatic N) is 2. The molecule has 3 aromatic carbocycles. The Labute approximate surface area is 199 Å². The maximum absolute atomic E-state index is 13.1. The zero-order valence-corrected chi connectivity index (χ0v) is 19.7. The van der Waals surface area contributed by atoms with Crippen LogP contribution in [0.4, 0.5) is 17.1 Å². The lowest BCUT2D eigenvalue weighted by Gasteiger charge is -2.14. The van der Waals surface area contributed by atoms with Crippen molar-refractivity contribution in [3.05, 3.63) is 93.0 Å². The fraction of sp³-hybridized carbons (Fsp3) is 0.0455. The van der Waals surface area contributed by atoms with Crippen LogP contribution < -0.4 is 14.9 Å². The van der Waals surface area contributed by atoms with E-state index in [2.05, 4.69) is 31.2 Å². The Bertz CT molecular complexity index is 1310. The van der Waals surface area contributed by atoms with Gasteiger partial charge in [0.25, 0.3) is 15.7 Å².